The van der Waals surface area contributed by atoms with E-state index < -0.39 is 0 Å². The van der Waals surface area contributed by atoms with E-state index in [1.165, 1.54) is 0 Å². The molecular formula is C14H20N2O. The Morgan fingerprint density at radius 1 is 1.29 bits per heavy atom. The largest absolute Gasteiger partial charge is 0.460 e. The van der Waals surface area contributed by atoms with E-state index in [1.54, 1.807) is 12.4 Å². The number of ether oxygens (including phenoxy) is 1. The molecular weight excluding hydrogens is 212 g/mol. The summed E-state index contributed by atoms with van der Waals surface area (Å²) in [7, 11) is 0. The van der Waals surface area contributed by atoms with Gasteiger partial charge in [0.25, 0.3) is 0 Å². The van der Waals surface area contributed by atoms with Crippen molar-refractivity contribution in [2.75, 3.05) is 0 Å². The molecule has 0 saturated carbocycles. The molecule has 3 heteroatoms. The lowest BCUT2D eigenvalue weighted by Gasteiger charge is -2.17. The Morgan fingerprint density at radius 3 is 2.47 bits per heavy atom. The van der Waals surface area contributed by atoms with E-state index in [0.29, 0.717) is 5.88 Å². The maximum Gasteiger partial charge on any atom is 0.233 e. The van der Waals surface area contributed by atoms with Crippen LogP contribution in [0.3, 0.4) is 0 Å². The molecule has 0 N–H and O–H groups in total. The molecule has 0 aromatic carbocycles. The summed E-state index contributed by atoms with van der Waals surface area (Å²) in [6.07, 6.45) is 4.10. The van der Waals surface area contributed by atoms with E-state index in [9.17, 15) is 0 Å². The molecule has 0 unspecified atom stereocenters. The normalized spacial score (nSPS) is 12.5. The van der Waals surface area contributed by atoms with Gasteiger partial charge in [-0.25, -0.2) is 4.98 Å². The van der Waals surface area contributed by atoms with Gasteiger partial charge < -0.3 is 4.74 Å². The zero-order chi connectivity index (χ0) is 12.9. The minimum Gasteiger partial charge on any atom is -0.460 e. The van der Waals surface area contributed by atoms with Gasteiger partial charge >= 0.3 is 0 Å². The smallest absolute Gasteiger partial charge is 0.233 e. The van der Waals surface area contributed by atoms with Gasteiger partial charge in [-0.05, 0) is 6.92 Å². The maximum absolute atomic E-state index is 5.54. The zero-order valence-electron chi connectivity index (χ0n) is 11.2. The Hall–Kier alpha value is -1.56. The molecule has 0 aliphatic carbocycles. The number of nitrogens with zero attached hydrogens (tertiary/aromatic N) is 2. The SMILES string of the molecule is CCC#C[C@@H](C)Oc1cnc(C(C)(C)C)cn1. The van der Waals surface area contributed by atoms with Crippen LogP contribution >= 0.6 is 0 Å². The van der Waals surface area contributed by atoms with Crippen LogP contribution in [0.25, 0.3) is 0 Å². The van der Waals surface area contributed by atoms with Gasteiger partial charge in [0.1, 0.15) is 0 Å². The number of aromatic nitrogens is 2. The van der Waals surface area contributed by atoms with Crippen molar-refractivity contribution in [2.24, 2.45) is 0 Å². The van der Waals surface area contributed by atoms with Crippen LogP contribution < -0.4 is 4.74 Å². The van der Waals surface area contributed by atoms with Crippen molar-refractivity contribution < 1.29 is 4.74 Å². The predicted octanol–water partition coefficient (Wildman–Crippen LogP) is 2.95. The predicted molar refractivity (Wildman–Crippen MR) is 68.9 cm³/mol. The third-order valence-corrected chi connectivity index (χ3v) is 2.18. The van der Waals surface area contributed by atoms with Crippen LogP contribution in [0, 0.1) is 11.8 Å². The lowest BCUT2D eigenvalue weighted by atomic mass is 9.93. The fourth-order valence-electron chi connectivity index (χ4n) is 1.22. The molecule has 1 heterocycles. The first-order valence-corrected chi connectivity index (χ1v) is 5.91. The van der Waals surface area contributed by atoms with Crippen molar-refractivity contribution in [3.8, 4) is 17.7 Å². The van der Waals surface area contributed by atoms with Crippen LogP contribution in [0.4, 0.5) is 0 Å². The van der Waals surface area contributed by atoms with Gasteiger partial charge in [0.2, 0.25) is 5.88 Å². The van der Waals surface area contributed by atoms with Crippen molar-refractivity contribution in [1.82, 2.24) is 9.97 Å². The van der Waals surface area contributed by atoms with Crippen molar-refractivity contribution in [2.45, 2.75) is 52.6 Å². The zero-order valence-corrected chi connectivity index (χ0v) is 11.2. The molecule has 92 valence electrons. The molecule has 0 fully saturated rings. The van der Waals surface area contributed by atoms with Crippen molar-refractivity contribution in [3.63, 3.8) is 0 Å². The van der Waals surface area contributed by atoms with Crippen LogP contribution in [-0.4, -0.2) is 16.1 Å². The first kappa shape index (κ1) is 13.5. The summed E-state index contributed by atoms with van der Waals surface area (Å²) in [6, 6.07) is 0. The summed E-state index contributed by atoms with van der Waals surface area (Å²) in [4.78, 5) is 8.59. The second kappa shape index (κ2) is 5.67. The minimum atomic E-state index is -0.148. The monoisotopic (exact) mass is 232 g/mol. The van der Waals surface area contributed by atoms with Gasteiger partial charge in [-0.1, -0.05) is 39.5 Å². The topological polar surface area (TPSA) is 35.0 Å². The van der Waals surface area contributed by atoms with Crippen molar-refractivity contribution in [3.05, 3.63) is 18.1 Å². The van der Waals surface area contributed by atoms with Crippen LogP contribution in [0.1, 0.15) is 46.7 Å². The van der Waals surface area contributed by atoms with Gasteiger partial charge in [0.15, 0.2) is 6.10 Å². The third kappa shape index (κ3) is 4.44. The summed E-state index contributed by atoms with van der Waals surface area (Å²) in [5.41, 5.74) is 0.969. The molecule has 0 aliphatic heterocycles. The molecule has 0 aliphatic rings. The first-order chi connectivity index (χ1) is 7.93. The maximum atomic E-state index is 5.54. The molecule has 17 heavy (non-hydrogen) atoms. The summed E-state index contributed by atoms with van der Waals surface area (Å²) < 4.78 is 5.54. The molecule has 0 spiro atoms. The Labute approximate surface area is 104 Å². The Kier molecular flexibility index (Phi) is 4.51. The van der Waals surface area contributed by atoms with Crippen LogP contribution in [0.15, 0.2) is 12.4 Å². The molecule has 0 radical (unpaired) electrons. The van der Waals surface area contributed by atoms with Crippen molar-refractivity contribution in [1.29, 1.82) is 0 Å². The molecule has 0 bridgehead atoms. The summed E-state index contributed by atoms with van der Waals surface area (Å²) in [6.45, 7) is 10.2. The van der Waals surface area contributed by atoms with Gasteiger partial charge in [0, 0.05) is 11.8 Å². The number of hydrogen-bond acceptors (Lipinski definition) is 3. The summed E-state index contributed by atoms with van der Waals surface area (Å²) in [5, 5.41) is 0. The van der Waals surface area contributed by atoms with Crippen molar-refractivity contribution >= 4 is 0 Å². The average Bonchev–Trinajstić information content (AvgIpc) is 2.26. The molecule has 1 rings (SSSR count). The summed E-state index contributed by atoms with van der Waals surface area (Å²) in [5.74, 6) is 6.49. The van der Waals surface area contributed by atoms with Gasteiger partial charge in [0.05, 0.1) is 18.1 Å². The van der Waals surface area contributed by atoms with Gasteiger partial charge in [-0.15, -0.1) is 0 Å². The highest BCUT2D eigenvalue weighted by molar-refractivity contribution is 5.15. The highest BCUT2D eigenvalue weighted by Gasteiger charge is 2.15. The van der Waals surface area contributed by atoms with E-state index >= 15 is 0 Å². The lowest BCUT2D eigenvalue weighted by molar-refractivity contribution is 0.265. The quantitative estimate of drug-likeness (QED) is 0.735. The molecule has 3 nitrogen and oxygen atoms in total. The molecule has 1 aromatic heterocycles. The fourth-order valence-corrected chi connectivity index (χ4v) is 1.22. The molecule has 0 saturated heterocycles. The second-order valence-electron chi connectivity index (χ2n) is 4.92. The van der Waals surface area contributed by atoms with Crippen LogP contribution in [0.5, 0.6) is 5.88 Å². The molecule has 1 atom stereocenters. The van der Waals surface area contributed by atoms with Gasteiger partial charge in [-0.3, -0.25) is 4.98 Å². The summed E-state index contributed by atoms with van der Waals surface area (Å²) >= 11 is 0. The van der Waals surface area contributed by atoms with E-state index in [2.05, 4.69) is 42.6 Å². The Morgan fingerprint density at radius 2 is 2.00 bits per heavy atom. The minimum absolute atomic E-state index is 0.0131. The lowest BCUT2D eigenvalue weighted by Crippen LogP contribution is -2.15. The van der Waals surface area contributed by atoms with E-state index in [1.807, 2.05) is 13.8 Å². The van der Waals surface area contributed by atoms with Crippen LogP contribution in [0.2, 0.25) is 0 Å². The fraction of sp³-hybridized carbons (Fsp3) is 0.571. The van der Waals surface area contributed by atoms with Crippen LogP contribution in [-0.2, 0) is 5.41 Å². The molecule has 1 aromatic rings. The standard InChI is InChI=1S/C14H20N2O/c1-6-7-8-11(2)17-13-10-15-12(9-16-13)14(3,4)5/h9-11H,6H2,1-5H3/t11-/m1/s1. The van der Waals surface area contributed by atoms with E-state index in [4.69, 9.17) is 4.74 Å². The number of rotatable bonds is 2. The highest BCUT2D eigenvalue weighted by atomic mass is 16.5. The van der Waals surface area contributed by atoms with E-state index in [0.717, 1.165) is 12.1 Å². The van der Waals surface area contributed by atoms with E-state index in [-0.39, 0.29) is 11.5 Å². The number of hydrogen-bond donors (Lipinski definition) is 0. The van der Waals surface area contributed by atoms with Gasteiger partial charge in [-0.2, -0.15) is 0 Å². The third-order valence-electron chi connectivity index (χ3n) is 2.18. The Balaban J connectivity index is 2.69. The highest BCUT2D eigenvalue weighted by Crippen LogP contribution is 2.19. The second-order valence-corrected chi connectivity index (χ2v) is 4.92. The average molecular weight is 232 g/mol. The first-order valence-electron chi connectivity index (χ1n) is 5.91. The molecule has 0 amide bonds. The Bertz CT molecular complexity index is 407.